The van der Waals surface area contributed by atoms with E-state index in [-0.39, 0.29) is 14.9 Å². The van der Waals surface area contributed by atoms with Gasteiger partial charge < -0.3 is 14.4 Å². The van der Waals surface area contributed by atoms with Crippen molar-refractivity contribution in [1.82, 2.24) is 9.88 Å². The summed E-state index contributed by atoms with van der Waals surface area (Å²) in [5, 5.41) is 0.228. The first-order chi connectivity index (χ1) is 11.9. The number of benzene rings is 1. The Labute approximate surface area is 159 Å². The van der Waals surface area contributed by atoms with Crippen LogP contribution in [0, 0.1) is 0 Å². The highest BCUT2D eigenvalue weighted by Gasteiger charge is 2.25. The van der Waals surface area contributed by atoms with Crippen LogP contribution in [0.5, 0.6) is 0 Å². The highest BCUT2D eigenvalue weighted by Crippen LogP contribution is 2.34. The third-order valence-corrected chi connectivity index (χ3v) is 6.05. The molecule has 0 amide bonds. The molecule has 1 aromatic heterocycles. The Bertz CT molecular complexity index is 793. The molecule has 1 aliphatic heterocycles. The zero-order valence-electron chi connectivity index (χ0n) is 13.9. The number of aromatic nitrogens is 1. The number of likely N-dealkylation sites (N-methyl/N-ethyl adjacent to an activating group) is 1. The molecule has 5 nitrogen and oxygen atoms in total. The first-order valence-corrected chi connectivity index (χ1v) is 9.66. The lowest BCUT2D eigenvalue weighted by Gasteiger charge is -2.21. The average Bonchev–Trinajstić information content (AvgIpc) is 3.04. The number of nitrogens with zero attached hydrogens (tertiary/aromatic N) is 3. The molecule has 2 unspecified atom stereocenters. The first kappa shape index (κ1) is 18.6. The molecule has 2 heterocycles. The Balaban J connectivity index is 1.91. The fourth-order valence-corrected chi connectivity index (χ4v) is 4.33. The van der Waals surface area contributed by atoms with E-state index < -0.39 is 11.1 Å². The predicted octanol–water partition coefficient (Wildman–Crippen LogP) is 3.43. The van der Waals surface area contributed by atoms with Gasteiger partial charge in [-0.3, -0.25) is 4.21 Å². The van der Waals surface area contributed by atoms with Gasteiger partial charge in [0.25, 0.3) is 0 Å². The first-order valence-electron chi connectivity index (χ1n) is 7.83. The molecule has 1 aliphatic rings. The zero-order valence-corrected chi connectivity index (χ0v) is 16.2. The summed E-state index contributed by atoms with van der Waals surface area (Å²) in [6, 6.07) is 7.59. The van der Waals surface area contributed by atoms with E-state index in [1.54, 1.807) is 18.3 Å². The summed E-state index contributed by atoms with van der Waals surface area (Å²) in [5.41, 5.74) is 1.65. The van der Waals surface area contributed by atoms with Crippen LogP contribution in [-0.4, -0.2) is 51.9 Å². The number of rotatable bonds is 4. The largest absolute Gasteiger partial charge is 0.768 e. The van der Waals surface area contributed by atoms with Crippen molar-refractivity contribution in [1.29, 1.82) is 0 Å². The Morgan fingerprint density at radius 3 is 2.48 bits per heavy atom. The number of anilines is 1. The SMILES string of the molecule is CN(C)C1CCN(c2cc(-c3cc(Cl)c(S(=O)[O-])c(Cl)c3)ccn2)C1. The van der Waals surface area contributed by atoms with E-state index in [2.05, 4.69) is 28.9 Å². The van der Waals surface area contributed by atoms with Gasteiger partial charge in [0.1, 0.15) is 5.82 Å². The van der Waals surface area contributed by atoms with Crippen molar-refractivity contribution >= 4 is 40.1 Å². The fraction of sp³-hybridized carbons (Fsp3) is 0.353. The summed E-state index contributed by atoms with van der Waals surface area (Å²) in [4.78, 5) is 8.88. The highest BCUT2D eigenvalue weighted by atomic mass is 35.5. The molecule has 134 valence electrons. The second-order valence-corrected chi connectivity index (χ2v) is 7.95. The van der Waals surface area contributed by atoms with Gasteiger partial charge in [-0.15, -0.1) is 0 Å². The van der Waals surface area contributed by atoms with Crippen LogP contribution >= 0.6 is 23.2 Å². The highest BCUT2D eigenvalue weighted by molar-refractivity contribution is 7.79. The van der Waals surface area contributed by atoms with Crippen molar-refractivity contribution in [2.24, 2.45) is 0 Å². The molecular weight excluding hydrogens is 381 g/mol. The van der Waals surface area contributed by atoms with Gasteiger partial charge >= 0.3 is 0 Å². The monoisotopic (exact) mass is 398 g/mol. The maximum Gasteiger partial charge on any atom is 0.129 e. The van der Waals surface area contributed by atoms with Crippen LogP contribution in [0.15, 0.2) is 35.4 Å². The molecule has 0 bridgehead atoms. The van der Waals surface area contributed by atoms with Gasteiger partial charge in [0, 0.05) is 25.3 Å². The van der Waals surface area contributed by atoms with Crippen molar-refractivity contribution in [2.75, 3.05) is 32.1 Å². The van der Waals surface area contributed by atoms with E-state index in [9.17, 15) is 8.76 Å². The van der Waals surface area contributed by atoms with Crippen LogP contribution in [0.2, 0.25) is 10.0 Å². The van der Waals surface area contributed by atoms with Gasteiger partial charge in [-0.1, -0.05) is 23.2 Å². The van der Waals surface area contributed by atoms with Gasteiger partial charge in [-0.25, -0.2) is 4.98 Å². The summed E-state index contributed by atoms with van der Waals surface area (Å²) in [5.74, 6) is 0.894. The average molecular weight is 399 g/mol. The Morgan fingerprint density at radius 2 is 1.92 bits per heavy atom. The van der Waals surface area contributed by atoms with Crippen LogP contribution in [-0.2, 0) is 11.1 Å². The molecule has 0 N–H and O–H groups in total. The summed E-state index contributed by atoms with van der Waals surface area (Å²) in [7, 11) is 4.17. The van der Waals surface area contributed by atoms with Gasteiger partial charge in [0.05, 0.1) is 14.9 Å². The number of halogens is 2. The maximum atomic E-state index is 11.2. The van der Waals surface area contributed by atoms with Gasteiger partial charge in [0.2, 0.25) is 0 Å². The second-order valence-electron chi connectivity index (χ2n) is 6.26. The number of pyridine rings is 1. The molecule has 25 heavy (non-hydrogen) atoms. The lowest BCUT2D eigenvalue weighted by atomic mass is 10.1. The van der Waals surface area contributed by atoms with Gasteiger partial charge in [0.15, 0.2) is 0 Å². The molecular formula is C17H18Cl2N3O2S-. The summed E-state index contributed by atoms with van der Waals surface area (Å²) in [6.07, 6.45) is 2.84. The minimum atomic E-state index is -2.47. The molecule has 8 heteroatoms. The molecule has 2 aromatic rings. The van der Waals surface area contributed by atoms with E-state index in [0.29, 0.717) is 6.04 Å². The maximum absolute atomic E-state index is 11.2. The van der Waals surface area contributed by atoms with E-state index in [1.807, 2.05) is 12.1 Å². The van der Waals surface area contributed by atoms with Crippen molar-refractivity contribution in [2.45, 2.75) is 17.4 Å². The van der Waals surface area contributed by atoms with Crippen LogP contribution < -0.4 is 4.90 Å². The van der Waals surface area contributed by atoms with Crippen molar-refractivity contribution in [3.8, 4) is 11.1 Å². The summed E-state index contributed by atoms with van der Waals surface area (Å²) >= 11 is 9.71. The predicted molar refractivity (Wildman–Crippen MR) is 101 cm³/mol. The number of hydrogen-bond acceptors (Lipinski definition) is 5. The molecule has 1 saturated heterocycles. The zero-order chi connectivity index (χ0) is 18.1. The molecule has 3 rings (SSSR count). The lowest BCUT2D eigenvalue weighted by Crippen LogP contribution is -2.31. The van der Waals surface area contributed by atoms with Crippen LogP contribution in [0.3, 0.4) is 0 Å². The number of hydrogen-bond donors (Lipinski definition) is 0. The molecule has 1 fully saturated rings. The summed E-state index contributed by atoms with van der Waals surface area (Å²) in [6.45, 7) is 1.88. The molecule has 0 radical (unpaired) electrons. The fourth-order valence-electron chi connectivity index (χ4n) is 3.03. The second kappa shape index (κ2) is 7.60. The minimum Gasteiger partial charge on any atom is -0.768 e. The van der Waals surface area contributed by atoms with E-state index in [0.717, 1.165) is 36.5 Å². The van der Waals surface area contributed by atoms with Crippen LogP contribution in [0.1, 0.15) is 6.42 Å². The van der Waals surface area contributed by atoms with Crippen molar-refractivity contribution < 1.29 is 8.76 Å². The van der Waals surface area contributed by atoms with Gasteiger partial charge in [-0.05, 0) is 67.0 Å². The van der Waals surface area contributed by atoms with Crippen molar-refractivity contribution in [3.05, 3.63) is 40.5 Å². The van der Waals surface area contributed by atoms with Crippen LogP contribution in [0.4, 0.5) is 5.82 Å². The van der Waals surface area contributed by atoms with E-state index in [1.165, 1.54) is 0 Å². The molecule has 0 saturated carbocycles. The minimum absolute atomic E-state index is 0.0743. The lowest BCUT2D eigenvalue weighted by molar-refractivity contribution is 0.315. The van der Waals surface area contributed by atoms with E-state index in [4.69, 9.17) is 23.2 Å². The summed E-state index contributed by atoms with van der Waals surface area (Å²) < 4.78 is 22.4. The topological polar surface area (TPSA) is 59.5 Å². The molecule has 0 aliphatic carbocycles. The van der Waals surface area contributed by atoms with Crippen molar-refractivity contribution in [3.63, 3.8) is 0 Å². The van der Waals surface area contributed by atoms with E-state index >= 15 is 0 Å². The Morgan fingerprint density at radius 1 is 1.24 bits per heavy atom. The van der Waals surface area contributed by atoms with Gasteiger partial charge in [-0.2, -0.15) is 0 Å². The Kier molecular flexibility index (Phi) is 5.65. The normalized spacial score (nSPS) is 18.8. The molecule has 2 atom stereocenters. The third-order valence-electron chi connectivity index (χ3n) is 4.46. The van der Waals surface area contributed by atoms with Crippen LogP contribution in [0.25, 0.3) is 11.1 Å². The Hall–Kier alpha value is -1.18. The third kappa shape index (κ3) is 3.99. The quantitative estimate of drug-likeness (QED) is 0.738. The standard InChI is InChI=1S/C17H19Cl2N3O2S/c1-21(2)13-4-6-22(10-13)16-9-11(3-5-20-16)12-7-14(18)17(25(23)24)15(19)8-12/h3,5,7-9,13H,4,6,10H2,1-2H3,(H,23,24)/p-1. The smallest absolute Gasteiger partial charge is 0.129 e. The molecule has 1 aromatic carbocycles. The molecule has 0 spiro atoms.